The Morgan fingerprint density at radius 2 is 1.70 bits per heavy atom. The van der Waals surface area contributed by atoms with E-state index in [0.29, 0.717) is 41.6 Å². The Kier molecular flexibility index (Phi) is 8.99. The van der Waals surface area contributed by atoms with Gasteiger partial charge in [-0.15, -0.1) is 0 Å². The number of piperidine rings is 2. The summed E-state index contributed by atoms with van der Waals surface area (Å²) in [6, 6.07) is 15.5. The minimum atomic E-state index is -0.719. The van der Waals surface area contributed by atoms with Crippen LogP contribution in [-0.4, -0.2) is 101 Å². The van der Waals surface area contributed by atoms with Crippen LogP contribution in [0.3, 0.4) is 0 Å². The minimum absolute atomic E-state index is 0.0453. The molecule has 11 heteroatoms. The number of nitrogens with one attached hydrogen (secondary N) is 1. The Labute approximate surface area is 293 Å². The first-order chi connectivity index (χ1) is 24.3. The van der Waals surface area contributed by atoms with Crippen molar-refractivity contribution in [2.45, 2.75) is 69.6 Å². The fraction of sp³-hybridized carbons (Fsp3) is 0.513. The lowest BCUT2D eigenvalue weighted by Gasteiger charge is -2.54. The molecule has 0 bridgehead atoms. The van der Waals surface area contributed by atoms with Crippen molar-refractivity contribution in [2.24, 2.45) is 5.41 Å². The van der Waals surface area contributed by atoms with Crippen molar-refractivity contribution < 1.29 is 19.0 Å². The maximum Gasteiger partial charge on any atom is 0.261 e. The van der Waals surface area contributed by atoms with E-state index in [1.165, 1.54) is 58.4 Å². The number of anilines is 2. The number of aliphatic hydroxyl groups excluding tert-OH is 1. The lowest BCUT2D eigenvalue weighted by molar-refractivity contribution is -0.0419. The summed E-state index contributed by atoms with van der Waals surface area (Å²) >= 11 is 0. The smallest absolute Gasteiger partial charge is 0.261 e. The van der Waals surface area contributed by atoms with Gasteiger partial charge in [0, 0.05) is 55.7 Å². The highest BCUT2D eigenvalue weighted by molar-refractivity contribution is 6.05. The van der Waals surface area contributed by atoms with Crippen LogP contribution in [0.2, 0.25) is 0 Å². The van der Waals surface area contributed by atoms with Gasteiger partial charge in [-0.05, 0) is 113 Å². The standard InChI is InChI=1S/C39H48FN7O3/c1-44-24-39(25-44)16-21-46(22-17-39)26-14-19-45(20-15-26)28-9-12-32-33(23-28)47(27-7-10-29(48)11-8-27)38(42-32)43-37(49)31-13-18-41-36(35(31)40)30-5-3-4-6-34(30)50-2/h3-6,9,12-13,18,23,26-27,29,48H,7-8,10-11,14-17,19-22,24-25H2,1-2H3,(H,42,43,49)/t27-,29+. The number of amides is 1. The third kappa shape index (κ3) is 6.24. The Balaban J connectivity index is 1.03. The number of aromatic nitrogens is 3. The number of hydrogen-bond donors (Lipinski definition) is 2. The second-order valence-electron chi connectivity index (χ2n) is 15.0. The van der Waals surface area contributed by atoms with Gasteiger partial charge in [0.25, 0.3) is 5.91 Å². The van der Waals surface area contributed by atoms with Crippen LogP contribution >= 0.6 is 0 Å². The number of carbonyl (C=O) groups excluding carboxylic acids is 1. The highest BCUT2D eigenvalue weighted by Gasteiger charge is 2.44. The van der Waals surface area contributed by atoms with E-state index >= 15 is 4.39 Å². The van der Waals surface area contributed by atoms with Gasteiger partial charge in [-0.1, -0.05) is 12.1 Å². The van der Waals surface area contributed by atoms with Crippen LogP contribution in [0.15, 0.2) is 54.7 Å². The molecule has 1 saturated carbocycles. The van der Waals surface area contributed by atoms with Crippen LogP contribution in [0.4, 0.5) is 16.0 Å². The quantitative estimate of drug-likeness (QED) is 0.246. The van der Waals surface area contributed by atoms with Gasteiger partial charge in [0.2, 0.25) is 5.95 Å². The first-order valence-corrected chi connectivity index (χ1v) is 18.3. The Hall–Kier alpha value is -4.06. The summed E-state index contributed by atoms with van der Waals surface area (Å²) in [7, 11) is 3.75. The number of rotatable bonds is 7. The molecule has 2 aromatic heterocycles. The number of imidazole rings is 1. The molecule has 1 aliphatic carbocycles. The number of carbonyl (C=O) groups is 1. The maximum absolute atomic E-state index is 16.0. The summed E-state index contributed by atoms with van der Waals surface area (Å²) in [5, 5.41) is 13.3. The number of aliphatic hydroxyl groups is 1. The molecule has 2 N–H and O–H groups in total. The highest BCUT2D eigenvalue weighted by Crippen LogP contribution is 2.41. The molecule has 50 heavy (non-hydrogen) atoms. The van der Waals surface area contributed by atoms with E-state index in [1.807, 2.05) is 6.07 Å². The fourth-order valence-corrected chi connectivity index (χ4v) is 9.14. The molecule has 8 rings (SSSR count). The number of ether oxygens (including phenoxy) is 1. The monoisotopic (exact) mass is 681 g/mol. The maximum atomic E-state index is 16.0. The van der Waals surface area contributed by atoms with Gasteiger partial charge >= 0.3 is 0 Å². The molecular formula is C39H48FN7O3. The number of para-hydroxylation sites is 1. The molecule has 10 nitrogen and oxygen atoms in total. The zero-order valence-corrected chi connectivity index (χ0v) is 29.2. The number of hydrogen-bond acceptors (Lipinski definition) is 8. The van der Waals surface area contributed by atoms with E-state index in [-0.39, 0.29) is 23.4 Å². The summed E-state index contributed by atoms with van der Waals surface area (Å²) in [4.78, 5) is 30.6. The molecule has 4 aromatic rings. The van der Waals surface area contributed by atoms with E-state index in [1.54, 1.807) is 24.3 Å². The molecule has 264 valence electrons. The van der Waals surface area contributed by atoms with Crippen LogP contribution in [-0.2, 0) is 0 Å². The number of halogens is 1. The van der Waals surface area contributed by atoms with Gasteiger partial charge in [0.15, 0.2) is 5.82 Å². The number of benzene rings is 2. The summed E-state index contributed by atoms with van der Waals surface area (Å²) in [5.41, 5.74) is 3.85. The number of pyridine rings is 1. The molecule has 4 aliphatic rings. The Morgan fingerprint density at radius 3 is 2.42 bits per heavy atom. The van der Waals surface area contributed by atoms with Crippen LogP contribution in [0.25, 0.3) is 22.3 Å². The average molecular weight is 682 g/mol. The second kappa shape index (κ2) is 13.6. The molecule has 1 amide bonds. The van der Waals surface area contributed by atoms with E-state index in [0.717, 1.165) is 55.5 Å². The van der Waals surface area contributed by atoms with E-state index < -0.39 is 11.7 Å². The SMILES string of the molecule is COc1ccccc1-c1nccc(C(=O)Nc2nc3ccc(N4CCC(N5CCC6(CC5)CN(C)C6)CC4)cc3n2[C@H]2CC[C@@H](O)CC2)c1F. The van der Waals surface area contributed by atoms with E-state index in [4.69, 9.17) is 9.72 Å². The molecule has 3 saturated heterocycles. The zero-order chi connectivity index (χ0) is 34.4. The first-order valence-electron chi connectivity index (χ1n) is 18.3. The average Bonchev–Trinajstić information content (AvgIpc) is 3.48. The molecule has 0 unspecified atom stereocenters. The van der Waals surface area contributed by atoms with Gasteiger partial charge in [0.1, 0.15) is 11.4 Å². The van der Waals surface area contributed by atoms with Crippen LogP contribution < -0.4 is 15.0 Å². The van der Waals surface area contributed by atoms with Crippen molar-refractivity contribution in [2.75, 3.05) is 63.6 Å². The van der Waals surface area contributed by atoms with Crippen molar-refractivity contribution in [3.05, 3.63) is 66.1 Å². The fourth-order valence-electron chi connectivity index (χ4n) is 9.14. The van der Waals surface area contributed by atoms with Gasteiger partial charge in [-0.3, -0.25) is 15.1 Å². The van der Waals surface area contributed by atoms with E-state index in [9.17, 15) is 9.90 Å². The largest absolute Gasteiger partial charge is 0.496 e. The Morgan fingerprint density at radius 1 is 0.960 bits per heavy atom. The molecule has 5 heterocycles. The molecule has 3 aliphatic heterocycles. The minimum Gasteiger partial charge on any atom is -0.496 e. The molecule has 0 atom stereocenters. The van der Waals surface area contributed by atoms with Crippen molar-refractivity contribution in [1.29, 1.82) is 0 Å². The number of nitrogens with zero attached hydrogens (tertiary/aromatic N) is 6. The van der Waals surface area contributed by atoms with Crippen molar-refractivity contribution in [3.63, 3.8) is 0 Å². The second-order valence-corrected chi connectivity index (χ2v) is 15.0. The molecule has 0 radical (unpaired) electrons. The predicted octanol–water partition coefficient (Wildman–Crippen LogP) is 5.97. The number of likely N-dealkylation sites (tertiary alicyclic amines) is 2. The lowest BCUT2D eigenvalue weighted by atomic mass is 9.72. The van der Waals surface area contributed by atoms with Crippen LogP contribution in [0, 0.1) is 11.2 Å². The van der Waals surface area contributed by atoms with Crippen LogP contribution in [0.1, 0.15) is 67.8 Å². The molecule has 2 aromatic carbocycles. The van der Waals surface area contributed by atoms with Crippen LogP contribution in [0.5, 0.6) is 5.75 Å². The number of methoxy groups -OCH3 is 1. The zero-order valence-electron chi connectivity index (χ0n) is 29.2. The van der Waals surface area contributed by atoms with Crippen molar-refractivity contribution in [1.82, 2.24) is 24.3 Å². The van der Waals surface area contributed by atoms with Gasteiger partial charge in [0.05, 0.1) is 29.8 Å². The normalized spacial score (nSPS) is 23.2. The summed E-state index contributed by atoms with van der Waals surface area (Å²) < 4.78 is 23.5. The molecular weight excluding hydrogens is 633 g/mol. The third-order valence-electron chi connectivity index (χ3n) is 11.8. The first kappa shape index (κ1) is 33.1. The Bertz CT molecular complexity index is 1850. The summed E-state index contributed by atoms with van der Waals surface area (Å²) in [5.74, 6) is -0.454. The van der Waals surface area contributed by atoms with Crippen molar-refractivity contribution >= 4 is 28.6 Å². The molecule has 1 spiro atoms. The molecule has 4 fully saturated rings. The third-order valence-corrected chi connectivity index (χ3v) is 11.8. The topological polar surface area (TPSA) is 99.0 Å². The van der Waals surface area contributed by atoms with Crippen molar-refractivity contribution in [3.8, 4) is 17.0 Å². The van der Waals surface area contributed by atoms with Gasteiger partial charge in [-0.2, -0.15) is 0 Å². The van der Waals surface area contributed by atoms with Gasteiger partial charge < -0.3 is 29.1 Å². The predicted molar refractivity (Wildman–Crippen MR) is 193 cm³/mol. The summed E-state index contributed by atoms with van der Waals surface area (Å²) in [6.07, 6.45) is 8.96. The number of fused-ring (bicyclic) bond motifs is 1. The summed E-state index contributed by atoms with van der Waals surface area (Å²) in [6.45, 7) is 6.97. The highest BCUT2D eigenvalue weighted by atomic mass is 19.1. The van der Waals surface area contributed by atoms with Gasteiger partial charge in [-0.25, -0.2) is 9.37 Å². The lowest BCUT2D eigenvalue weighted by Crippen LogP contribution is -2.60. The van der Waals surface area contributed by atoms with E-state index in [2.05, 4.69) is 48.7 Å².